The van der Waals surface area contributed by atoms with Crippen molar-refractivity contribution in [3.05, 3.63) is 0 Å². The molecule has 0 aromatic heterocycles. The number of aliphatic hydroxyl groups is 17. The quantitative estimate of drug-likeness (QED) is 0.0682. The molecule has 10 aliphatic heterocycles. The van der Waals surface area contributed by atoms with Crippen molar-refractivity contribution in [2.75, 3.05) is 46.2 Å². The van der Waals surface area contributed by atoms with Crippen LogP contribution in [0.25, 0.3) is 0 Å². The monoisotopic (exact) mass is 1100 g/mol. The normalized spacial score (nSPS) is 56.8. The molecule has 10 fully saturated rings. The predicted molar refractivity (Wildman–Crippen MR) is 222 cm³/mol. The number of hydrogen-bond acceptors (Lipinski definition) is 33. The molecule has 10 rings (SSSR count). The third kappa shape index (κ3) is 10.5. The lowest BCUT2D eigenvalue weighted by Crippen LogP contribution is -2.66. The van der Waals surface area contributed by atoms with E-state index in [0.717, 1.165) is 0 Å². The second kappa shape index (κ2) is 23.3. The molecule has 33 heteroatoms. The lowest BCUT2D eigenvalue weighted by molar-refractivity contribution is -0.380. The van der Waals surface area contributed by atoms with Crippen LogP contribution in [0.2, 0.25) is 0 Å². The van der Waals surface area contributed by atoms with Gasteiger partial charge in [-0.3, -0.25) is 0 Å². The maximum atomic E-state index is 11.5. The summed E-state index contributed by atoms with van der Waals surface area (Å²) in [4.78, 5) is 0. The van der Waals surface area contributed by atoms with Crippen LogP contribution in [0.5, 0.6) is 0 Å². The molecule has 75 heavy (non-hydrogen) atoms. The minimum atomic E-state index is -1.96. The molecule has 10 aliphatic rings. The van der Waals surface area contributed by atoms with E-state index >= 15 is 0 Å². The first-order valence-electron chi connectivity index (χ1n) is 24.5. The highest BCUT2D eigenvalue weighted by molar-refractivity contribution is 5.04. The molecule has 10 saturated heterocycles. The maximum Gasteiger partial charge on any atom is 0.187 e. The molecule has 0 aliphatic carbocycles. The second-order valence-corrected chi connectivity index (χ2v) is 19.9. The van der Waals surface area contributed by atoms with Crippen molar-refractivity contribution < 1.29 is 163 Å². The molecular formula is C42H66O33. The van der Waals surface area contributed by atoms with Gasteiger partial charge in [0.1, 0.15) is 171 Å². The minimum absolute atomic E-state index is 0.162. The van der Waals surface area contributed by atoms with E-state index in [1.165, 1.54) is 0 Å². The van der Waals surface area contributed by atoms with Gasteiger partial charge >= 0.3 is 0 Å². The van der Waals surface area contributed by atoms with E-state index in [4.69, 9.17) is 75.8 Å². The molecule has 10 heterocycles. The van der Waals surface area contributed by atoms with Gasteiger partial charge < -0.3 is 163 Å². The first-order valence-corrected chi connectivity index (χ1v) is 24.5. The average Bonchev–Trinajstić information content (AvgIpc) is 4.03. The number of fused-ring (bicyclic) bond motifs is 6. The SMILES string of the molecule is OC[C@H]1O[C@H](O[C@H]2[C@@H]3OC[C@H]2O[C@H](O[C@H]2[C@H](O)[C@@H](O)[C@@H](O[C@H]4[C@@H]5OC[C@H]4O[C@H](O[C@H]4[C@@H]6OC[C@H]4O[C@H](O[C@H]4[C@H](O)[C@@H](O)[C@@H](O[C@H]7[C@H](O)[C@@H](O)C(O)O[C@@H]7CO)O[C@@H]4CO)[C@@H]6O)[C@@H]5O)O[C@@H]2CO)[C@@H]3O)[C@H](O)[C@@H](O)[C@@H]1O. The van der Waals surface area contributed by atoms with Gasteiger partial charge in [-0.05, 0) is 0 Å². The highest BCUT2D eigenvalue weighted by Gasteiger charge is 2.62. The number of ether oxygens (including phenoxy) is 16. The summed E-state index contributed by atoms with van der Waals surface area (Å²) in [5.41, 5.74) is 0. The van der Waals surface area contributed by atoms with Gasteiger partial charge in [0, 0.05) is 0 Å². The molecule has 17 N–H and O–H groups in total. The standard InChI is InChI=1S/C42H66O33/c43-1-8-15(47)16(48)21(53)37(64-8)73-30-12-5-60-33(30)24(56)40(67-12)72-29-11(4-46)66-39(23(55)19(29)51)74-31-13-6-62-35(31)26(58)42(69-13)75-32-14-7-61-34(32)25(57)41(68-14)71-28-10(3-45)65-38(22(54)18(28)50)70-27-9(2-44)63-36(59)20(52)17(27)49/h8-59H,1-7H2/t8-,9-,10-,11-,12-,13-,14-,15-,16+,17-,18-,19-,20-,21-,22-,23-,24-,25-,26-,27-,28-,29-,30-,31-,32-,33-,34-,35-,36?,37-,38-,39-,40-,41-,42-/m1/s1. The first kappa shape index (κ1) is 56.9. The van der Waals surface area contributed by atoms with E-state index in [0.29, 0.717) is 0 Å². The lowest BCUT2D eigenvalue weighted by Gasteiger charge is -2.48. The van der Waals surface area contributed by atoms with Crippen molar-refractivity contribution in [2.45, 2.75) is 215 Å². The molecular weight excluding hydrogens is 1030 g/mol. The van der Waals surface area contributed by atoms with E-state index in [2.05, 4.69) is 0 Å². The summed E-state index contributed by atoms with van der Waals surface area (Å²) in [6.45, 7) is -3.70. The molecule has 0 spiro atoms. The summed E-state index contributed by atoms with van der Waals surface area (Å²) in [6.07, 6.45) is -53.5. The summed E-state index contributed by atoms with van der Waals surface area (Å²) in [7, 11) is 0. The first-order chi connectivity index (χ1) is 35.9. The molecule has 1 unspecified atom stereocenters. The Hall–Kier alpha value is -1.32. The van der Waals surface area contributed by atoms with Crippen molar-refractivity contribution >= 4 is 0 Å². The Kier molecular flexibility index (Phi) is 17.7. The Morgan fingerprint density at radius 2 is 0.547 bits per heavy atom. The van der Waals surface area contributed by atoms with Gasteiger partial charge in [-0.15, -0.1) is 0 Å². The fourth-order valence-electron chi connectivity index (χ4n) is 11.1. The fraction of sp³-hybridized carbons (Fsp3) is 1.00. The van der Waals surface area contributed by atoms with Gasteiger partial charge in [-0.2, -0.15) is 0 Å². The van der Waals surface area contributed by atoms with Crippen LogP contribution in [0, 0.1) is 0 Å². The van der Waals surface area contributed by atoms with E-state index in [1.54, 1.807) is 0 Å². The van der Waals surface area contributed by atoms with Crippen LogP contribution >= 0.6 is 0 Å². The van der Waals surface area contributed by atoms with Crippen LogP contribution in [-0.4, -0.2) is 348 Å². The van der Waals surface area contributed by atoms with Crippen LogP contribution in [0.15, 0.2) is 0 Å². The summed E-state index contributed by atoms with van der Waals surface area (Å²) in [6, 6.07) is 0. The number of hydrogen-bond donors (Lipinski definition) is 17. The third-order valence-electron chi connectivity index (χ3n) is 15.3. The highest BCUT2D eigenvalue weighted by Crippen LogP contribution is 2.42. The topological polar surface area (TPSA) is 492 Å². The molecule has 35 atom stereocenters. The van der Waals surface area contributed by atoms with Gasteiger partial charge in [-0.1, -0.05) is 0 Å². The summed E-state index contributed by atoms with van der Waals surface area (Å²) in [5, 5.41) is 180. The predicted octanol–water partition coefficient (Wildman–Crippen LogP) is -13.1. The summed E-state index contributed by atoms with van der Waals surface area (Å²) < 4.78 is 92.4. The molecule has 6 bridgehead atoms. The molecule has 432 valence electrons. The maximum absolute atomic E-state index is 11.5. The summed E-state index contributed by atoms with van der Waals surface area (Å²) in [5.74, 6) is 0. The van der Waals surface area contributed by atoms with Gasteiger partial charge in [0.25, 0.3) is 0 Å². The largest absolute Gasteiger partial charge is 0.394 e. The van der Waals surface area contributed by atoms with Gasteiger partial charge in [0.15, 0.2) is 44.0 Å². The van der Waals surface area contributed by atoms with Gasteiger partial charge in [-0.25, -0.2) is 0 Å². The van der Waals surface area contributed by atoms with Gasteiger partial charge in [0.2, 0.25) is 0 Å². The zero-order chi connectivity index (χ0) is 53.5. The van der Waals surface area contributed by atoms with Crippen molar-refractivity contribution in [2.24, 2.45) is 0 Å². The minimum Gasteiger partial charge on any atom is -0.394 e. The molecule has 0 saturated carbocycles. The van der Waals surface area contributed by atoms with E-state index < -0.39 is 241 Å². The Bertz CT molecular complexity index is 1860. The van der Waals surface area contributed by atoms with E-state index in [-0.39, 0.29) is 19.8 Å². The van der Waals surface area contributed by atoms with Crippen molar-refractivity contribution in [3.8, 4) is 0 Å². The van der Waals surface area contributed by atoms with E-state index in [9.17, 15) is 86.8 Å². The molecule has 0 radical (unpaired) electrons. The highest BCUT2D eigenvalue weighted by atomic mass is 16.8. The molecule has 0 aromatic carbocycles. The average molecular weight is 1100 g/mol. The second-order valence-electron chi connectivity index (χ2n) is 19.9. The molecule has 0 aromatic rings. The van der Waals surface area contributed by atoms with Gasteiger partial charge in [0.05, 0.1) is 46.2 Å². The van der Waals surface area contributed by atoms with Crippen LogP contribution in [0.3, 0.4) is 0 Å². The van der Waals surface area contributed by atoms with E-state index in [1.807, 2.05) is 0 Å². The Balaban J connectivity index is 0.716. The third-order valence-corrected chi connectivity index (χ3v) is 15.3. The molecule has 0 amide bonds. The Morgan fingerprint density at radius 1 is 0.267 bits per heavy atom. The lowest BCUT2D eigenvalue weighted by atomic mass is 9.96. The number of aliphatic hydroxyl groups excluding tert-OH is 17. The zero-order valence-electron chi connectivity index (χ0n) is 39.3. The van der Waals surface area contributed by atoms with Crippen molar-refractivity contribution in [3.63, 3.8) is 0 Å². The van der Waals surface area contributed by atoms with Crippen LogP contribution in [-0.2, 0) is 75.8 Å². The Labute approximate surface area is 423 Å². The fourth-order valence-corrected chi connectivity index (χ4v) is 11.1. The molecule has 33 nitrogen and oxygen atoms in total. The zero-order valence-corrected chi connectivity index (χ0v) is 39.3. The van der Waals surface area contributed by atoms with Crippen LogP contribution in [0.1, 0.15) is 0 Å². The van der Waals surface area contributed by atoms with Crippen LogP contribution in [0.4, 0.5) is 0 Å². The van der Waals surface area contributed by atoms with Crippen molar-refractivity contribution in [1.29, 1.82) is 0 Å². The Morgan fingerprint density at radius 3 is 0.893 bits per heavy atom. The van der Waals surface area contributed by atoms with Crippen LogP contribution < -0.4 is 0 Å². The smallest absolute Gasteiger partial charge is 0.187 e. The van der Waals surface area contributed by atoms with Crippen molar-refractivity contribution in [1.82, 2.24) is 0 Å². The summed E-state index contributed by atoms with van der Waals surface area (Å²) >= 11 is 0. The number of rotatable bonds is 16.